The summed E-state index contributed by atoms with van der Waals surface area (Å²) in [7, 11) is 1.56. The van der Waals surface area contributed by atoms with Gasteiger partial charge in [0.15, 0.2) is 5.60 Å². The van der Waals surface area contributed by atoms with Crippen LogP contribution in [0.25, 0.3) is 0 Å². The molecule has 0 unspecified atom stereocenters. The van der Waals surface area contributed by atoms with Crippen molar-refractivity contribution in [3.63, 3.8) is 0 Å². The molecule has 0 spiro atoms. The molecule has 0 aliphatic carbocycles. The molecular weight excluding hydrogens is 492 g/mol. The Bertz CT molecular complexity index is 1260. The topological polar surface area (TPSA) is 99.1 Å². The number of methoxy groups -OCH3 is 1. The fourth-order valence-electron chi connectivity index (χ4n) is 4.60. The van der Waals surface area contributed by atoms with Gasteiger partial charge in [-0.2, -0.15) is 0 Å². The van der Waals surface area contributed by atoms with Crippen molar-refractivity contribution in [1.82, 2.24) is 0 Å². The molecule has 1 aliphatic heterocycles. The van der Waals surface area contributed by atoms with Crippen LogP contribution in [-0.4, -0.2) is 42.3 Å². The molecule has 7 heteroatoms. The molecule has 2 aromatic rings. The molecule has 0 saturated carbocycles. The SMILES string of the molecule is COc1ccc(C(=O)Nc2ccc3c(c2)[C@@](O)([C@H](C)/C=C/CCO)C(=O)N3C/C=C(\C)CCC=C(C)C)cc1. The fourth-order valence-corrected chi connectivity index (χ4v) is 4.60. The molecule has 1 heterocycles. The number of amides is 2. The maximum absolute atomic E-state index is 13.7. The second-order valence-corrected chi connectivity index (χ2v) is 10.2. The number of nitrogens with one attached hydrogen (secondary N) is 1. The van der Waals surface area contributed by atoms with Crippen molar-refractivity contribution in [2.24, 2.45) is 5.92 Å². The number of aliphatic hydroxyl groups excluding tert-OH is 1. The summed E-state index contributed by atoms with van der Waals surface area (Å²) < 4.78 is 5.16. The Hall–Kier alpha value is -3.68. The molecule has 0 fully saturated rings. The number of rotatable bonds is 12. The summed E-state index contributed by atoms with van der Waals surface area (Å²) in [6, 6.07) is 11.9. The molecule has 208 valence electrons. The molecule has 2 aromatic carbocycles. The molecule has 0 bridgehead atoms. The van der Waals surface area contributed by atoms with Crippen molar-refractivity contribution in [3.05, 3.63) is 89.0 Å². The summed E-state index contributed by atoms with van der Waals surface area (Å²) in [5, 5.41) is 23.9. The number of hydrogen-bond acceptors (Lipinski definition) is 5. The first kappa shape index (κ1) is 29.9. The second-order valence-electron chi connectivity index (χ2n) is 10.2. The zero-order valence-electron chi connectivity index (χ0n) is 23.5. The third kappa shape index (κ3) is 7.05. The molecule has 2 amide bonds. The number of aliphatic hydroxyl groups is 2. The van der Waals surface area contributed by atoms with E-state index >= 15 is 0 Å². The third-order valence-electron chi connectivity index (χ3n) is 6.97. The van der Waals surface area contributed by atoms with Gasteiger partial charge in [-0.3, -0.25) is 9.59 Å². The minimum Gasteiger partial charge on any atom is -0.497 e. The van der Waals surface area contributed by atoms with Gasteiger partial charge in [0.2, 0.25) is 0 Å². The maximum atomic E-state index is 13.7. The lowest BCUT2D eigenvalue weighted by molar-refractivity contribution is -0.139. The lowest BCUT2D eigenvalue weighted by Gasteiger charge is -2.27. The summed E-state index contributed by atoms with van der Waals surface area (Å²) in [6.07, 6.45) is 9.98. The molecule has 0 aromatic heterocycles. The van der Waals surface area contributed by atoms with Gasteiger partial charge in [0.05, 0.1) is 12.8 Å². The summed E-state index contributed by atoms with van der Waals surface area (Å²) in [5.41, 5.74) is 2.61. The minimum absolute atomic E-state index is 0.0172. The predicted octanol–water partition coefficient (Wildman–Crippen LogP) is 5.75. The molecular formula is C32H40N2O5. The number of allylic oxidation sites excluding steroid dienone is 3. The monoisotopic (exact) mass is 532 g/mol. The smallest absolute Gasteiger partial charge is 0.264 e. The third-order valence-corrected chi connectivity index (χ3v) is 6.97. The van der Waals surface area contributed by atoms with Crippen LogP contribution >= 0.6 is 0 Å². The molecule has 39 heavy (non-hydrogen) atoms. The largest absolute Gasteiger partial charge is 0.497 e. The van der Waals surface area contributed by atoms with Gasteiger partial charge in [-0.1, -0.05) is 42.4 Å². The van der Waals surface area contributed by atoms with Crippen LogP contribution in [0.15, 0.2) is 77.9 Å². The fraction of sp³-hybridized carbons (Fsp3) is 0.375. The first-order valence-corrected chi connectivity index (χ1v) is 13.3. The zero-order valence-corrected chi connectivity index (χ0v) is 23.5. The molecule has 0 radical (unpaired) electrons. The number of benzene rings is 2. The number of hydrogen-bond donors (Lipinski definition) is 3. The van der Waals surface area contributed by atoms with E-state index in [9.17, 15) is 19.8 Å². The van der Waals surface area contributed by atoms with Crippen LogP contribution in [-0.2, 0) is 10.4 Å². The van der Waals surface area contributed by atoms with Crippen LogP contribution in [0.5, 0.6) is 5.75 Å². The highest BCUT2D eigenvalue weighted by atomic mass is 16.5. The number of nitrogens with zero attached hydrogens (tertiary/aromatic N) is 1. The zero-order chi connectivity index (χ0) is 28.6. The van der Waals surface area contributed by atoms with Crippen LogP contribution in [0.3, 0.4) is 0 Å². The quantitative estimate of drug-likeness (QED) is 0.302. The Labute approximate surface area is 231 Å². The van der Waals surface area contributed by atoms with Crippen molar-refractivity contribution >= 4 is 23.2 Å². The number of carbonyl (C=O) groups is 2. The summed E-state index contributed by atoms with van der Waals surface area (Å²) in [6.45, 7) is 8.29. The van der Waals surface area contributed by atoms with Crippen LogP contribution in [0.1, 0.15) is 62.9 Å². The Morgan fingerprint density at radius 2 is 1.82 bits per heavy atom. The second kappa shape index (κ2) is 13.4. The van der Waals surface area contributed by atoms with Crippen LogP contribution in [0.4, 0.5) is 11.4 Å². The molecule has 3 rings (SSSR count). The molecule has 7 nitrogen and oxygen atoms in total. The van der Waals surface area contributed by atoms with E-state index in [4.69, 9.17) is 4.74 Å². The van der Waals surface area contributed by atoms with Crippen molar-refractivity contribution < 1.29 is 24.5 Å². The highest BCUT2D eigenvalue weighted by molar-refractivity contribution is 6.09. The summed E-state index contributed by atoms with van der Waals surface area (Å²) >= 11 is 0. The van der Waals surface area contributed by atoms with Gasteiger partial charge in [-0.05, 0) is 82.5 Å². The van der Waals surface area contributed by atoms with Crippen molar-refractivity contribution in [2.45, 2.75) is 52.6 Å². The highest BCUT2D eigenvalue weighted by Crippen LogP contribution is 2.46. The van der Waals surface area contributed by atoms with Gasteiger partial charge in [0.25, 0.3) is 11.8 Å². The standard InChI is InChI=1S/C32H40N2O5/c1-22(2)9-8-10-23(3)18-19-34-29-17-14-26(33-30(36)25-12-15-27(39-5)16-13-25)21-28(29)32(38,31(34)37)24(4)11-6-7-20-35/h6,9,11-18,21,24,35,38H,7-8,10,19-20H2,1-5H3,(H,33,36)/b11-6+,23-18+/t24-,32+/m1/s1. The highest BCUT2D eigenvalue weighted by Gasteiger charge is 2.52. The lowest BCUT2D eigenvalue weighted by atomic mass is 9.82. The van der Waals surface area contributed by atoms with Gasteiger partial charge in [-0.25, -0.2) is 0 Å². The number of carbonyl (C=O) groups excluding carboxylic acids is 2. The van der Waals surface area contributed by atoms with Crippen LogP contribution in [0.2, 0.25) is 0 Å². The maximum Gasteiger partial charge on any atom is 0.264 e. The van der Waals surface area contributed by atoms with Crippen molar-refractivity contribution in [1.29, 1.82) is 0 Å². The van der Waals surface area contributed by atoms with E-state index in [1.807, 2.05) is 13.0 Å². The lowest BCUT2D eigenvalue weighted by Crippen LogP contribution is -2.44. The predicted molar refractivity (Wildman–Crippen MR) is 156 cm³/mol. The Morgan fingerprint density at radius 1 is 1.10 bits per heavy atom. The van der Waals surface area contributed by atoms with Gasteiger partial charge in [0.1, 0.15) is 5.75 Å². The Balaban J connectivity index is 1.92. The van der Waals surface area contributed by atoms with Crippen molar-refractivity contribution in [3.8, 4) is 5.75 Å². The van der Waals surface area contributed by atoms with E-state index in [0.29, 0.717) is 41.2 Å². The molecule has 0 saturated heterocycles. The average Bonchev–Trinajstić information content (AvgIpc) is 3.13. The van der Waals surface area contributed by atoms with E-state index in [2.05, 4.69) is 25.2 Å². The Morgan fingerprint density at radius 3 is 2.46 bits per heavy atom. The van der Waals surface area contributed by atoms with Crippen LogP contribution in [0, 0.1) is 5.92 Å². The number of anilines is 2. The normalized spacial score (nSPS) is 17.8. The first-order chi connectivity index (χ1) is 18.6. The van der Waals surface area contributed by atoms with E-state index in [1.54, 1.807) is 73.6 Å². The van der Waals surface area contributed by atoms with Gasteiger partial charge in [0, 0.05) is 35.9 Å². The van der Waals surface area contributed by atoms with Gasteiger partial charge in [-0.15, -0.1) is 0 Å². The average molecular weight is 533 g/mol. The van der Waals surface area contributed by atoms with E-state index in [-0.39, 0.29) is 12.5 Å². The summed E-state index contributed by atoms with van der Waals surface area (Å²) in [5.74, 6) is -0.633. The van der Waals surface area contributed by atoms with E-state index in [1.165, 1.54) is 5.57 Å². The first-order valence-electron chi connectivity index (χ1n) is 13.3. The van der Waals surface area contributed by atoms with E-state index < -0.39 is 17.4 Å². The molecule has 3 N–H and O–H groups in total. The number of ether oxygens (including phenoxy) is 1. The molecule has 1 aliphatic rings. The minimum atomic E-state index is -1.81. The van der Waals surface area contributed by atoms with E-state index in [0.717, 1.165) is 18.4 Å². The van der Waals surface area contributed by atoms with Gasteiger partial charge < -0.3 is 25.2 Å². The van der Waals surface area contributed by atoms with Crippen molar-refractivity contribution in [2.75, 3.05) is 30.5 Å². The number of fused-ring (bicyclic) bond motifs is 1. The molecule has 2 atom stereocenters. The summed E-state index contributed by atoms with van der Waals surface area (Å²) in [4.78, 5) is 28.2. The van der Waals surface area contributed by atoms with Gasteiger partial charge >= 0.3 is 0 Å². The van der Waals surface area contributed by atoms with Crippen LogP contribution < -0.4 is 15.0 Å². The Kier molecular flexibility index (Phi) is 10.3.